The number of carbonyl (C=O) groups is 1. The molecule has 0 unspecified atom stereocenters. The number of carbonyl (C=O) groups excluding carboxylic acids is 1. The van der Waals surface area contributed by atoms with Gasteiger partial charge in [0, 0.05) is 12.2 Å². The molecule has 0 aromatic carbocycles. The van der Waals surface area contributed by atoms with Crippen LogP contribution in [0.25, 0.3) is 0 Å². The Morgan fingerprint density at radius 1 is 1.40 bits per heavy atom. The quantitative estimate of drug-likeness (QED) is 0.558. The Kier molecular flexibility index (Phi) is 3.24. The molecule has 0 aliphatic rings. The van der Waals surface area contributed by atoms with Crippen LogP contribution in [0, 0.1) is 6.92 Å². The smallest absolute Gasteiger partial charge is 0.261 e. The SMILES string of the molecule is C=C(C)Cn1c(C)ccc(C(C)=O)c1=O. The average molecular weight is 205 g/mol. The standard InChI is InChI=1S/C12H15NO2/c1-8(2)7-13-9(3)5-6-11(10(4)14)12(13)15/h5-6H,1,7H2,2-4H3. The number of nitrogens with zero attached hydrogens (tertiary/aromatic N) is 1. The first-order valence-electron chi connectivity index (χ1n) is 4.79. The second-order valence-corrected chi connectivity index (χ2v) is 3.79. The average Bonchev–Trinajstić information content (AvgIpc) is 2.11. The predicted molar refractivity (Wildman–Crippen MR) is 60.3 cm³/mol. The first-order valence-corrected chi connectivity index (χ1v) is 4.79. The van der Waals surface area contributed by atoms with Crippen molar-refractivity contribution in [1.29, 1.82) is 0 Å². The van der Waals surface area contributed by atoms with Crippen molar-refractivity contribution in [2.75, 3.05) is 0 Å². The van der Waals surface area contributed by atoms with Gasteiger partial charge in [-0.3, -0.25) is 9.59 Å². The lowest BCUT2D eigenvalue weighted by Gasteiger charge is -2.10. The lowest BCUT2D eigenvalue weighted by Crippen LogP contribution is -2.27. The number of hydrogen-bond acceptors (Lipinski definition) is 2. The van der Waals surface area contributed by atoms with Crippen molar-refractivity contribution in [3.05, 3.63) is 45.9 Å². The molecule has 80 valence electrons. The topological polar surface area (TPSA) is 39.1 Å². The molecule has 0 fully saturated rings. The maximum Gasteiger partial charge on any atom is 0.261 e. The fraction of sp³-hybridized carbons (Fsp3) is 0.333. The minimum Gasteiger partial charge on any atom is -0.308 e. The van der Waals surface area contributed by atoms with Gasteiger partial charge in [-0.25, -0.2) is 0 Å². The molecule has 0 spiro atoms. The van der Waals surface area contributed by atoms with Crippen LogP contribution in [0.4, 0.5) is 0 Å². The Morgan fingerprint density at radius 3 is 2.47 bits per heavy atom. The van der Waals surface area contributed by atoms with Crippen LogP contribution in [0.1, 0.15) is 29.9 Å². The van der Waals surface area contributed by atoms with Gasteiger partial charge >= 0.3 is 0 Å². The van der Waals surface area contributed by atoms with E-state index in [-0.39, 0.29) is 16.9 Å². The van der Waals surface area contributed by atoms with Crippen molar-refractivity contribution in [2.45, 2.75) is 27.3 Å². The molecule has 0 saturated heterocycles. The molecule has 15 heavy (non-hydrogen) atoms. The largest absolute Gasteiger partial charge is 0.308 e. The second kappa shape index (κ2) is 4.26. The summed E-state index contributed by atoms with van der Waals surface area (Å²) >= 11 is 0. The minimum absolute atomic E-state index is 0.199. The molecule has 0 N–H and O–H groups in total. The summed E-state index contributed by atoms with van der Waals surface area (Å²) < 4.78 is 1.57. The van der Waals surface area contributed by atoms with Crippen LogP contribution < -0.4 is 5.56 Å². The fourth-order valence-electron chi connectivity index (χ4n) is 1.41. The van der Waals surface area contributed by atoms with E-state index in [1.807, 2.05) is 13.8 Å². The number of aryl methyl sites for hydroxylation is 1. The van der Waals surface area contributed by atoms with Gasteiger partial charge in [0.2, 0.25) is 0 Å². The second-order valence-electron chi connectivity index (χ2n) is 3.79. The highest BCUT2D eigenvalue weighted by Gasteiger charge is 2.09. The van der Waals surface area contributed by atoms with Crippen LogP contribution in [-0.2, 0) is 6.54 Å². The highest BCUT2D eigenvalue weighted by molar-refractivity contribution is 5.93. The van der Waals surface area contributed by atoms with Gasteiger partial charge in [0.15, 0.2) is 5.78 Å². The molecule has 0 atom stereocenters. The summed E-state index contributed by atoms with van der Waals surface area (Å²) in [7, 11) is 0. The van der Waals surface area contributed by atoms with Gasteiger partial charge in [0.25, 0.3) is 5.56 Å². The number of Topliss-reactive ketones (excluding diaryl/α,β-unsaturated/α-hetero) is 1. The van der Waals surface area contributed by atoms with Gasteiger partial charge < -0.3 is 4.57 Å². The Morgan fingerprint density at radius 2 is 2.00 bits per heavy atom. The van der Waals surface area contributed by atoms with E-state index in [0.717, 1.165) is 11.3 Å². The molecule has 0 radical (unpaired) electrons. The Labute approximate surface area is 89.0 Å². The van der Waals surface area contributed by atoms with Crippen molar-refractivity contribution >= 4 is 5.78 Å². The molecule has 0 bridgehead atoms. The number of allylic oxidation sites excluding steroid dienone is 1. The zero-order valence-electron chi connectivity index (χ0n) is 9.33. The minimum atomic E-state index is -0.231. The van der Waals surface area contributed by atoms with Crippen molar-refractivity contribution in [3.8, 4) is 0 Å². The lowest BCUT2D eigenvalue weighted by atomic mass is 10.2. The molecule has 1 heterocycles. The molecule has 0 aliphatic heterocycles. The number of aromatic nitrogens is 1. The molecular weight excluding hydrogens is 190 g/mol. The van der Waals surface area contributed by atoms with E-state index in [4.69, 9.17) is 0 Å². The van der Waals surface area contributed by atoms with Crippen molar-refractivity contribution in [2.24, 2.45) is 0 Å². The molecule has 1 rings (SSSR count). The summed E-state index contributed by atoms with van der Waals surface area (Å²) in [5.74, 6) is -0.199. The number of ketones is 1. The molecule has 3 heteroatoms. The molecule has 0 saturated carbocycles. The maximum atomic E-state index is 11.9. The van der Waals surface area contributed by atoms with Crippen molar-refractivity contribution < 1.29 is 4.79 Å². The van der Waals surface area contributed by atoms with Crippen LogP contribution in [0.2, 0.25) is 0 Å². The predicted octanol–water partition coefficient (Wildman–Crippen LogP) is 1.94. The molecule has 3 nitrogen and oxygen atoms in total. The summed E-state index contributed by atoms with van der Waals surface area (Å²) in [5.41, 5.74) is 1.74. The third-order valence-electron chi connectivity index (χ3n) is 2.20. The molecule has 1 aromatic rings. The highest BCUT2D eigenvalue weighted by Crippen LogP contribution is 2.02. The van der Waals surface area contributed by atoms with Crippen molar-refractivity contribution in [3.63, 3.8) is 0 Å². The number of rotatable bonds is 3. The molecule has 0 amide bonds. The van der Waals surface area contributed by atoms with Crippen LogP contribution in [0.15, 0.2) is 29.1 Å². The van der Waals surface area contributed by atoms with E-state index in [1.54, 1.807) is 16.7 Å². The Balaban J connectivity index is 3.37. The van der Waals surface area contributed by atoms with Gasteiger partial charge in [0.1, 0.15) is 0 Å². The monoisotopic (exact) mass is 205 g/mol. The third kappa shape index (κ3) is 2.43. The van der Waals surface area contributed by atoms with Gasteiger partial charge in [-0.15, -0.1) is 0 Å². The first-order chi connectivity index (χ1) is 6.93. The lowest BCUT2D eigenvalue weighted by molar-refractivity contribution is 0.101. The van der Waals surface area contributed by atoms with Crippen LogP contribution >= 0.6 is 0 Å². The Hall–Kier alpha value is -1.64. The summed E-state index contributed by atoms with van der Waals surface area (Å²) in [5, 5.41) is 0. The van der Waals surface area contributed by atoms with Crippen LogP contribution in [0.3, 0.4) is 0 Å². The fourth-order valence-corrected chi connectivity index (χ4v) is 1.41. The number of hydrogen-bond donors (Lipinski definition) is 0. The van der Waals surface area contributed by atoms with E-state index < -0.39 is 0 Å². The summed E-state index contributed by atoms with van der Waals surface area (Å²) in [4.78, 5) is 23.0. The van der Waals surface area contributed by atoms with E-state index in [2.05, 4.69) is 6.58 Å². The highest BCUT2D eigenvalue weighted by atomic mass is 16.1. The van der Waals surface area contributed by atoms with E-state index in [1.165, 1.54) is 6.92 Å². The molecule has 0 aliphatic carbocycles. The van der Waals surface area contributed by atoms with E-state index in [0.29, 0.717) is 6.54 Å². The maximum absolute atomic E-state index is 11.9. The van der Waals surface area contributed by atoms with Gasteiger partial charge in [-0.1, -0.05) is 12.2 Å². The van der Waals surface area contributed by atoms with E-state index in [9.17, 15) is 9.59 Å². The Bertz CT molecular complexity index is 469. The van der Waals surface area contributed by atoms with Gasteiger partial charge in [-0.2, -0.15) is 0 Å². The zero-order chi connectivity index (χ0) is 11.6. The normalized spacial score (nSPS) is 10.1. The molecular formula is C12H15NO2. The van der Waals surface area contributed by atoms with Gasteiger partial charge in [0.05, 0.1) is 5.56 Å². The van der Waals surface area contributed by atoms with Crippen LogP contribution in [0.5, 0.6) is 0 Å². The first kappa shape index (κ1) is 11.4. The van der Waals surface area contributed by atoms with Crippen LogP contribution in [-0.4, -0.2) is 10.4 Å². The third-order valence-corrected chi connectivity index (χ3v) is 2.20. The number of pyridine rings is 1. The zero-order valence-corrected chi connectivity index (χ0v) is 9.33. The summed E-state index contributed by atoms with van der Waals surface area (Å²) in [6, 6.07) is 3.36. The molecule has 1 aromatic heterocycles. The van der Waals surface area contributed by atoms with Gasteiger partial charge in [-0.05, 0) is 32.9 Å². The van der Waals surface area contributed by atoms with Crippen molar-refractivity contribution in [1.82, 2.24) is 4.57 Å². The summed E-state index contributed by atoms with van der Waals surface area (Å²) in [6.45, 7) is 9.32. The van der Waals surface area contributed by atoms with E-state index >= 15 is 0 Å². The summed E-state index contributed by atoms with van der Waals surface area (Å²) in [6.07, 6.45) is 0.